The predicted octanol–water partition coefficient (Wildman–Crippen LogP) is 2.32. The molecule has 4 heteroatoms. The highest BCUT2D eigenvalue weighted by Gasteiger charge is 2.16. The Bertz CT molecular complexity index is 282. The fourth-order valence-electron chi connectivity index (χ4n) is 0.995. The predicted molar refractivity (Wildman–Crippen MR) is 63.8 cm³/mol. The molecule has 0 radical (unpaired) electrons. The minimum Gasteiger partial charge on any atom is -0.350 e. The Hall–Kier alpha value is -0.480. The van der Waals surface area contributed by atoms with Crippen molar-refractivity contribution in [2.75, 3.05) is 0 Å². The molecule has 0 aliphatic rings. The van der Waals surface area contributed by atoms with E-state index < -0.39 is 0 Å². The van der Waals surface area contributed by atoms with Crippen LogP contribution in [0.5, 0.6) is 0 Å². The molecule has 1 atom stereocenters. The number of carbonyl (C=O) groups is 1. The van der Waals surface area contributed by atoms with Crippen molar-refractivity contribution in [2.45, 2.75) is 25.6 Å². The lowest BCUT2D eigenvalue weighted by atomic mass is 10.1. The van der Waals surface area contributed by atoms with Crippen LogP contribution in [0, 0.1) is 5.92 Å². The lowest BCUT2D eigenvalue weighted by Crippen LogP contribution is -2.33. The molecule has 1 N–H and O–H groups in total. The lowest BCUT2D eigenvalue weighted by molar-refractivity contribution is -0.121. The Labute approximate surface area is 94.1 Å². The normalized spacial score (nSPS) is 12.9. The van der Waals surface area contributed by atoms with E-state index in [-0.39, 0.29) is 17.1 Å². The van der Waals surface area contributed by atoms with Gasteiger partial charge in [0, 0.05) is 4.88 Å². The van der Waals surface area contributed by atoms with Gasteiger partial charge in [-0.1, -0.05) is 19.9 Å². The number of thiol groups is 1. The van der Waals surface area contributed by atoms with Crippen LogP contribution in [0.15, 0.2) is 17.5 Å². The summed E-state index contributed by atoms with van der Waals surface area (Å²) >= 11 is 5.89. The number of nitrogens with one attached hydrogen (secondary N) is 1. The summed E-state index contributed by atoms with van der Waals surface area (Å²) in [5.41, 5.74) is 0. The fraction of sp³-hybridized carbons (Fsp3) is 0.500. The monoisotopic (exact) mass is 229 g/mol. The van der Waals surface area contributed by atoms with Crippen LogP contribution in [0.2, 0.25) is 0 Å². The molecule has 1 unspecified atom stereocenters. The molecule has 1 amide bonds. The van der Waals surface area contributed by atoms with E-state index in [4.69, 9.17) is 0 Å². The van der Waals surface area contributed by atoms with Crippen LogP contribution in [-0.2, 0) is 11.3 Å². The van der Waals surface area contributed by atoms with Crippen LogP contribution >= 0.6 is 24.0 Å². The van der Waals surface area contributed by atoms with Crippen LogP contribution in [-0.4, -0.2) is 11.2 Å². The summed E-state index contributed by atoms with van der Waals surface area (Å²) in [5, 5.41) is 4.65. The van der Waals surface area contributed by atoms with E-state index in [2.05, 4.69) is 17.9 Å². The number of rotatable bonds is 4. The van der Waals surface area contributed by atoms with E-state index in [1.165, 1.54) is 4.88 Å². The molecule has 0 bridgehead atoms. The van der Waals surface area contributed by atoms with E-state index in [1.54, 1.807) is 11.3 Å². The first-order valence-electron chi connectivity index (χ1n) is 4.59. The first-order valence-corrected chi connectivity index (χ1v) is 5.99. The fourth-order valence-corrected chi connectivity index (χ4v) is 1.73. The van der Waals surface area contributed by atoms with Crippen LogP contribution in [0.4, 0.5) is 0 Å². The van der Waals surface area contributed by atoms with Crippen molar-refractivity contribution >= 4 is 29.9 Å². The number of carbonyl (C=O) groups excluding carboxylic acids is 1. The summed E-state index contributed by atoms with van der Waals surface area (Å²) < 4.78 is 0. The lowest BCUT2D eigenvalue weighted by Gasteiger charge is -2.13. The van der Waals surface area contributed by atoms with Gasteiger partial charge in [-0.15, -0.1) is 11.3 Å². The number of hydrogen-bond acceptors (Lipinski definition) is 3. The maximum atomic E-state index is 11.5. The first kappa shape index (κ1) is 11.6. The van der Waals surface area contributed by atoms with E-state index in [0.29, 0.717) is 6.54 Å². The van der Waals surface area contributed by atoms with Gasteiger partial charge in [-0.05, 0) is 17.4 Å². The maximum absolute atomic E-state index is 11.5. The third-order valence-corrected chi connectivity index (χ3v) is 3.62. The summed E-state index contributed by atoms with van der Waals surface area (Å²) in [6, 6.07) is 3.99. The molecule has 0 spiro atoms. The summed E-state index contributed by atoms with van der Waals surface area (Å²) in [6.07, 6.45) is 0. The molecule has 78 valence electrons. The second kappa shape index (κ2) is 5.41. The molecule has 0 aliphatic heterocycles. The molecule has 1 aromatic heterocycles. The minimum absolute atomic E-state index is 0.0109. The maximum Gasteiger partial charge on any atom is 0.233 e. The van der Waals surface area contributed by atoms with Crippen LogP contribution < -0.4 is 5.32 Å². The summed E-state index contributed by atoms with van der Waals surface area (Å²) in [4.78, 5) is 12.7. The van der Waals surface area contributed by atoms with Crippen molar-refractivity contribution in [1.82, 2.24) is 5.32 Å². The average Bonchev–Trinajstić information content (AvgIpc) is 2.65. The Balaban J connectivity index is 2.35. The molecule has 0 saturated heterocycles. The van der Waals surface area contributed by atoms with Crippen molar-refractivity contribution in [1.29, 1.82) is 0 Å². The quantitative estimate of drug-likeness (QED) is 0.762. The summed E-state index contributed by atoms with van der Waals surface area (Å²) in [7, 11) is 0. The smallest absolute Gasteiger partial charge is 0.233 e. The van der Waals surface area contributed by atoms with Crippen molar-refractivity contribution in [3.63, 3.8) is 0 Å². The third kappa shape index (κ3) is 3.35. The van der Waals surface area contributed by atoms with Crippen LogP contribution in [0.25, 0.3) is 0 Å². The standard InChI is InChI=1S/C10H15NOS2/c1-7(2)9(13)10(12)11-6-8-4-3-5-14-8/h3-5,7,9,13H,6H2,1-2H3,(H,11,12). The second-order valence-corrected chi connectivity index (χ2v) is 5.07. The average molecular weight is 229 g/mol. The zero-order valence-electron chi connectivity index (χ0n) is 8.36. The van der Waals surface area contributed by atoms with Gasteiger partial charge in [0.1, 0.15) is 0 Å². The van der Waals surface area contributed by atoms with Gasteiger partial charge in [0.25, 0.3) is 0 Å². The second-order valence-electron chi connectivity index (χ2n) is 3.49. The number of thiophene rings is 1. The molecule has 0 aromatic carbocycles. The van der Waals surface area contributed by atoms with Gasteiger partial charge in [0.15, 0.2) is 0 Å². The molecule has 1 heterocycles. The molecule has 0 saturated carbocycles. The molecule has 1 aromatic rings. The summed E-state index contributed by atoms with van der Waals surface area (Å²) in [5.74, 6) is 0.276. The van der Waals surface area contributed by atoms with Crippen molar-refractivity contribution in [2.24, 2.45) is 5.92 Å². The van der Waals surface area contributed by atoms with Gasteiger partial charge in [0.05, 0.1) is 11.8 Å². The molecule has 2 nitrogen and oxygen atoms in total. The molecule has 0 fully saturated rings. The Kier molecular flexibility index (Phi) is 4.48. The van der Waals surface area contributed by atoms with Crippen molar-refractivity contribution < 1.29 is 4.79 Å². The Morgan fingerprint density at radius 3 is 2.86 bits per heavy atom. The van der Waals surface area contributed by atoms with Gasteiger partial charge in [-0.25, -0.2) is 0 Å². The summed E-state index contributed by atoms with van der Waals surface area (Å²) in [6.45, 7) is 4.59. The van der Waals surface area contributed by atoms with Gasteiger partial charge >= 0.3 is 0 Å². The van der Waals surface area contributed by atoms with Crippen LogP contribution in [0.3, 0.4) is 0 Å². The first-order chi connectivity index (χ1) is 6.61. The van der Waals surface area contributed by atoms with Gasteiger partial charge in [0.2, 0.25) is 5.91 Å². The van der Waals surface area contributed by atoms with Gasteiger partial charge < -0.3 is 5.32 Å². The third-order valence-electron chi connectivity index (χ3n) is 1.92. The molecule has 14 heavy (non-hydrogen) atoms. The highest BCUT2D eigenvalue weighted by atomic mass is 32.1. The molecule has 1 rings (SSSR count). The zero-order valence-corrected chi connectivity index (χ0v) is 10.1. The van der Waals surface area contributed by atoms with Crippen molar-refractivity contribution in [3.05, 3.63) is 22.4 Å². The highest BCUT2D eigenvalue weighted by Crippen LogP contribution is 2.11. The van der Waals surface area contributed by atoms with Gasteiger partial charge in [-0.2, -0.15) is 12.6 Å². The van der Waals surface area contributed by atoms with Crippen LogP contribution in [0.1, 0.15) is 18.7 Å². The highest BCUT2D eigenvalue weighted by molar-refractivity contribution is 7.81. The SMILES string of the molecule is CC(C)C(S)C(=O)NCc1cccs1. The number of amides is 1. The molecular weight excluding hydrogens is 214 g/mol. The van der Waals surface area contributed by atoms with E-state index in [1.807, 2.05) is 31.4 Å². The van der Waals surface area contributed by atoms with E-state index >= 15 is 0 Å². The largest absolute Gasteiger partial charge is 0.350 e. The van der Waals surface area contributed by atoms with E-state index in [9.17, 15) is 4.79 Å². The molecular formula is C10H15NOS2. The zero-order chi connectivity index (χ0) is 10.6. The Morgan fingerprint density at radius 1 is 1.64 bits per heavy atom. The van der Waals surface area contributed by atoms with Crippen molar-refractivity contribution in [3.8, 4) is 0 Å². The van der Waals surface area contributed by atoms with Gasteiger partial charge in [-0.3, -0.25) is 4.79 Å². The minimum atomic E-state index is -0.213. The topological polar surface area (TPSA) is 29.1 Å². The number of hydrogen-bond donors (Lipinski definition) is 2. The molecule has 0 aliphatic carbocycles. The van der Waals surface area contributed by atoms with E-state index in [0.717, 1.165) is 0 Å². The Morgan fingerprint density at radius 2 is 2.36 bits per heavy atom.